The predicted molar refractivity (Wildman–Crippen MR) is 148 cm³/mol. The summed E-state index contributed by atoms with van der Waals surface area (Å²) in [7, 11) is 2.71. The molecule has 1 unspecified atom stereocenters. The zero-order valence-electron chi connectivity index (χ0n) is 21.5. The number of rotatable bonds is 7. The Kier molecular flexibility index (Phi) is 8.18. The van der Waals surface area contributed by atoms with Gasteiger partial charge in [0, 0.05) is 5.69 Å². The molecule has 1 aliphatic heterocycles. The first-order valence-corrected chi connectivity index (χ1v) is 12.6. The van der Waals surface area contributed by atoms with Crippen LogP contribution < -0.4 is 14.4 Å². The third-order valence-corrected chi connectivity index (χ3v) is 6.70. The number of benzene rings is 3. The lowest BCUT2D eigenvalue weighted by Crippen LogP contribution is -2.29. The number of carbonyl (C=O) groups is 3. The highest BCUT2D eigenvalue weighted by Crippen LogP contribution is 2.48. The molecule has 1 saturated heterocycles. The number of ketones is 1. The first kappa shape index (κ1) is 28.0. The Morgan fingerprint density at radius 2 is 1.56 bits per heavy atom. The maximum Gasteiger partial charge on any atom is 0.338 e. The van der Waals surface area contributed by atoms with Crippen LogP contribution in [0.2, 0.25) is 10.0 Å². The van der Waals surface area contributed by atoms with Gasteiger partial charge in [0.2, 0.25) is 0 Å². The fraction of sp³-hybridized carbons (Fsp3) is 0.207. The van der Waals surface area contributed by atoms with Crippen LogP contribution in [0, 0.1) is 0 Å². The molecule has 202 valence electrons. The lowest BCUT2D eigenvalue weighted by Gasteiger charge is -2.26. The zero-order valence-corrected chi connectivity index (χ0v) is 23.0. The molecule has 8 nitrogen and oxygen atoms in total. The number of esters is 1. The van der Waals surface area contributed by atoms with Gasteiger partial charge in [-0.05, 0) is 49.7 Å². The van der Waals surface area contributed by atoms with E-state index in [4.69, 9.17) is 37.4 Å². The molecule has 1 atom stereocenters. The van der Waals surface area contributed by atoms with Gasteiger partial charge < -0.3 is 19.3 Å². The highest BCUT2D eigenvalue weighted by atomic mass is 35.5. The molecule has 1 heterocycles. The van der Waals surface area contributed by atoms with Gasteiger partial charge >= 0.3 is 5.97 Å². The molecule has 0 aliphatic carbocycles. The van der Waals surface area contributed by atoms with Gasteiger partial charge in [0.05, 0.1) is 48.1 Å². The molecular weight excluding hydrogens is 545 g/mol. The number of carbonyl (C=O) groups excluding carboxylic acids is 3. The fourth-order valence-corrected chi connectivity index (χ4v) is 5.07. The van der Waals surface area contributed by atoms with Crippen LogP contribution in [0.3, 0.4) is 0 Å². The average Bonchev–Trinajstić information content (AvgIpc) is 3.18. The van der Waals surface area contributed by atoms with Crippen molar-refractivity contribution in [2.75, 3.05) is 19.1 Å². The maximum absolute atomic E-state index is 13.5. The molecule has 0 radical (unpaired) electrons. The molecular formula is C29H25Cl2NO7. The van der Waals surface area contributed by atoms with E-state index < -0.39 is 29.5 Å². The zero-order chi connectivity index (χ0) is 28.4. The second-order valence-corrected chi connectivity index (χ2v) is 9.65. The van der Waals surface area contributed by atoms with Crippen molar-refractivity contribution in [3.8, 4) is 11.5 Å². The monoisotopic (exact) mass is 569 g/mol. The summed E-state index contributed by atoms with van der Waals surface area (Å²) in [6, 6.07) is 15.2. The van der Waals surface area contributed by atoms with Crippen LogP contribution >= 0.6 is 23.2 Å². The summed E-state index contributed by atoms with van der Waals surface area (Å²) in [5.41, 5.74) is 1.01. The van der Waals surface area contributed by atoms with E-state index in [0.717, 1.165) is 0 Å². The normalized spacial score (nSPS) is 16.5. The molecule has 0 aromatic heterocycles. The van der Waals surface area contributed by atoms with Gasteiger partial charge in [0.1, 0.15) is 10.8 Å². The lowest BCUT2D eigenvalue weighted by molar-refractivity contribution is -0.132. The van der Waals surface area contributed by atoms with Crippen molar-refractivity contribution in [3.05, 3.63) is 93.0 Å². The largest absolute Gasteiger partial charge is 0.507 e. The Morgan fingerprint density at radius 1 is 0.949 bits per heavy atom. The topological polar surface area (TPSA) is 102 Å². The minimum atomic E-state index is -1.01. The molecule has 0 saturated carbocycles. The van der Waals surface area contributed by atoms with Gasteiger partial charge in [-0.1, -0.05) is 53.5 Å². The van der Waals surface area contributed by atoms with E-state index in [-0.39, 0.29) is 44.3 Å². The molecule has 1 fully saturated rings. The van der Waals surface area contributed by atoms with Crippen LogP contribution in [-0.4, -0.2) is 43.1 Å². The number of hydrogen-bond acceptors (Lipinski definition) is 7. The number of aliphatic hydroxyl groups is 1. The number of hydrogen-bond donors (Lipinski definition) is 1. The van der Waals surface area contributed by atoms with Crippen LogP contribution in [0.15, 0.2) is 66.2 Å². The summed E-state index contributed by atoms with van der Waals surface area (Å²) in [5.74, 6) is -2.68. The molecule has 39 heavy (non-hydrogen) atoms. The van der Waals surface area contributed by atoms with Crippen molar-refractivity contribution in [2.45, 2.75) is 26.0 Å². The molecule has 1 N–H and O–H groups in total. The number of ether oxygens (including phenoxy) is 3. The van der Waals surface area contributed by atoms with E-state index >= 15 is 0 Å². The van der Waals surface area contributed by atoms with Gasteiger partial charge in [0.15, 0.2) is 11.5 Å². The number of anilines is 1. The first-order chi connectivity index (χ1) is 18.6. The Labute approximate surface area is 235 Å². The second-order valence-electron chi connectivity index (χ2n) is 8.87. The Hall–Kier alpha value is -4.01. The second kappa shape index (κ2) is 11.4. The molecule has 1 amide bonds. The van der Waals surface area contributed by atoms with Crippen LogP contribution in [0.1, 0.15) is 41.4 Å². The van der Waals surface area contributed by atoms with Crippen LogP contribution in [-0.2, 0) is 14.3 Å². The number of amides is 1. The summed E-state index contributed by atoms with van der Waals surface area (Å²) in [6.07, 6.45) is -0.301. The lowest BCUT2D eigenvalue weighted by atomic mass is 9.94. The summed E-state index contributed by atoms with van der Waals surface area (Å²) in [5, 5.41) is 11.6. The number of Topliss-reactive ketones (excluding diaryl/α,β-unsaturated/α-hetero) is 1. The Balaban J connectivity index is 1.90. The number of nitrogens with zero attached hydrogens (tertiary/aromatic N) is 1. The third-order valence-electron chi connectivity index (χ3n) is 6.08. The fourth-order valence-electron chi connectivity index (χ4n) is 4.38. The van der Waals surface area contributed by atoms with E-state index in [1.54, 1.807) is 56.3 Å². The Bertz CT molecular complexity index is 1470. The van der Waals surface area contributed by atoms with Crippen molar-refractivity contribution in [1.29, 1.82) is 0 Å². The van der Waals surface area contributed by atoms with E-state index in [0.29, 0.717) is 11.3 Å². The van der Waals surface area contributed by atoms with Gasteiger partial charge in [-0.3, -0.25) is 14.5 Å². The van der Waals surface area contributed by atoms with E-state index in [9.17, 15) is 19.5 Å². The molecule has 1 aliphatic rings. The average molecular weight is 570 g/mol. The van der Waals surface area contributed by atoms with Gasteiger partial charge in [-0.25, -0.2) is 4.79 Å². The van der Waals surface area contributed by atoms with E-state index in [2.05, 4.69) is 0 Å². The molecule has 3 aromatic rings. The van der Waals surface area contributed by atoms with Crippen LogP contribution in [0.25, 0.3) is 5.76 Å². The standard InChI is InChI=1S/C29H25Cl2NO7/c1-15(2)39-29(36)17-10-12-18(13-11-17)32-23(16-8-6-5-7-9-16)21(25(34)28(32)35)24(33)19-14-20(30)27(38-4)22(31)26(19)37-3/h5-15,23,33H,1-4H3/b24-21+. The van der Waals surface area contributed by atoms with Crippen molar-refractivity contribution in [2.24, 2.45) is 0 Å². The molecule has 3 aromatic carbocycles. The molecule has 10 heteroatoms. The minimum absolute atomic E-state index is 0.0107. The highest BCUT2D eigenvalue weighted by Gasteiger charge is 2.47. The minimum Gasteiger partial charge on any atom is -0.507 e. The smallest absolute Gasteiger partial charge is 0.338 e. The maximum atomic E-state index is 13.5. The number of halogens is 2. The van der Waals surface area contributed by atoms with E-state index in [1.165, 1.54) is 37.3 Å². The highest BCUT2D eigenvalue weighted by molar-refractivity contribution is 6.52. The third kappa shape index (κ3) is 5.17. The van der Waals surface area contributed by atoms with Gasteiger partial charge in [-0.2, -0.15) is 0 Å². The van der Waals surface area contributed by atoms with E-state index in [1.807, 2.05) is 0 Å². The summed E-state index contributed by atoms with van der Waals surface area (Å²) in [6.45, 7) is 3.48. The number of methoxy groups -OCH3 is 2. The first-order valence-electron chi connectivity index (χ1n) is 11.9. The van der Waals surface area contributed by atoms with Gasteiger partial charge in [-0.15, -0.1) is 0 Å². The van der Waals surface area contributed by atoms with Gasteiger partial charge in [0.25, 0.3) is 11.7 Å². The van der Waals surface area contributed by atoms with Crippen LogP contribution in [0.4, 0.5) is 5.69 Å². The van der Waals surface area contributed by atoms with Crippen molar-refractivity contribution in [1.82, 2.24) is 0 Å². The quantitative estimate of drug-likeness (QED) is 0.156. The molecule has 4 rings (SSSR count). The van der Waals surface area contributed by atoms with Crippen molar-refractivity contribution >= 4 is 52.3 Å². The predicted octanol–water partition coefficient (Wildman–Crippen LogP) is 6.20. The summed E-state index contributed by atoms with van der Waals surface area (Å²) >= 11 is 12.7. The summed E-state index contributed by atoms with van der Waals surface area (Å²) in [4.78, 5) is 40.5. The van der Waals surface area contributed by atoms with Crippen molar-refractivity contribution < 1.29 is 33.7 Å². The van der Waals surface area contributed by atoms with Crippen LogP contribution in [0.5, 0.6) is 11.5 Å². The molecule has 0 spiro atoms. The number of aliphatic hydroxyl groups excluding tert-OH is 1. The Morgan fingerprint density at radius 3 is 2.13 bits per heavy atom. The molecule has 0 bridgehead atoms. The van der Waals surface area contributed by atoms with Crippen molar-refractivity contribution in [3.63, 3.8) is 0 Å². The summed E-state index contributed by atoms with van der Waals surface area (Å²) < 4.78 is 15.9. The SMILES string of the molecule is COc1c(Cl)cc(/C(O)=C2\C(=O)C(=O)N(c3ccc(C(=O)OC(C)C)cc3)C2c2ccccc2)c(OC)c1Cl.